The van der Waals surface area contributed by atoms with E-state index >= 15 is 0 Å². The first-order valence-corrected chi connectivity index (χ1v) is 12.9. The van der Waals surface area contributed by atoms with Crippen molar-refractivity contribution in [2.45, 2.75) is 65.5 Å². The highest BCUT2D eigenvalue weighted by Crippen LogP contribution is 2.24. The van der Waals surface area contributed by atoms with Crippen LogP contribution >= 0.6 is 22.9 Å². The first kappa shape index (κ1) is 26.7. The number of aryl methyl sites for hydroxylation is 1. The topological polar surface area (TPSA) is 81.4 Å². The highest BCUT2D eigenvalue weighted by atomic mass is 35.5. The number of halogens is 1. The van der Waals surface area contributed by atoms with E-state index in [1.807, 2.05) is 48.9 Å². The van der Waals surface area contributed by atoms with E-state index in [1.54, 1.807) is 24.4 Å². The molecule has 2 heterocycles. The fraction of sp³-hybridized carbons (Fsp3) is 0.370. The van der Waals surface area contributed by atoms with Gasteiger partial charge >= 0.3 is 11.9 Å². The number of hydrogen-bond donors (Lipinski definition) is 1. The van der Waals surface area contributed by atoms with E-state index in [9.17, 15) is 14.7 Å². The Hall–Kier alpha value is -2.90. The van der Waals surface area contributed by atoms with Crippen molar-refractivity contribution in [2.24, 2.45) is 0 Å². The first-order chi connectivity index (χ1) is 16.6. The number of carboxylic acids is 1. The Morgan fingerprint density at radius 1 is 1.26 bits per heavy atom. The van der Waals surface area contributed by atoms with Gasteiger partial charge in [-0.25, -0.2) is 14.6 Å². The zero-order valence-corrected chi connectivity index (χ0v) is 22.1. The normalized spacial score (nSPS) is 12.1. The summed E-state index contributed by atoms with van der Waals surface area (Å²) < 4.78 is 7.44. The molecular weight excluding hydrogens is 484 g/mol. The average molecular weight is 515 g/mol. The zero-order valence-electron chi connectivity index (χ0n) is 20.5. The molecule has 0 atom stereocenters. The fourth-order valence-corrected chi connectivity index (χ4v) is 4.51. The van der Waals surface area contributed by atoms with Crippen molar-refractivity contribution in [3.63, 3.8) is 0 Å². The maximum Gasteiger partial charge on any atom is 0.338 e. The second-order valence-electron chi connectivity index (χ2n) is 9.33. The number of imidazole rings is 1. The van der Waals surface area contributed by atoms with E-state index in [4.69, 9.17) is 16.3 Å². The molecule has 0 radical (unpaired) electrons. The molecular formula is C27H31ClN2O4S. The number of carboxylic acid groups (broad SMARTS) is 1. The van der Waals surface area contributed by atoms with Crippen molar-refractivity contribution in [1.82, 2.24) is 9.55 Å². The monoisotopic (exact) mass is 514 g/mol. The number of nitrogens with zero attached hydrogens (tertiary/aromatic N) is 2. The molecule has 0 aliphatic rings. The van der Waals surface area contributed by atoms with Crippen molar-refractivity contribution < 1.29 is 19.4 Å². The van der Waals surface area contributed by atoms with Crippen molar-refractivity contribution in [3.8, 4) is 0 Å². The number of esters is 1. The summed E-state index contributed by atoms with van der Waals surface area (Å²) in [4.78, 5) is 30.0. The van der Waals surface area contributed by atoms with Crippen molar-refractivity contribution in [2.75, 3.05) is 0 Å². The molecule has 0 aliphatic heterocycles. The zero-order chi connectivity index (χ0) is 25.6. The molecule has 0 unspecified atom stereocenters. The van der Waals surface area contributed by atoms with Gasteiger partial charge in [0.2, 0.25) is 0 Å². The lowest BCUT2D eigenvalue weighted by Gasteiger charge is -2.20. The van der Waals surface area contributed by atoms with Gasteiger partial charge in [-0.3, -0.25) is 0 Å². The van der Waals surface area contributed by atoms with Crippen LogP contribution in [0.5, 0.6) is 0 Å². The molecule has 0 spiro atoms. The number of ether oxygens (including phenoxy) is 1. The summed E-state index contributed by atoms with van der Waals surface area (Å²) in [6.07, 6.45) is 6.49. The van der Waals surface area contributed by atoms with E-state index < -0.39 is 17.5 Å². The van der Waals surface area contributed by atoms with Crippen molar-refractivity contribution in [1.29, 1.82) is 0 Å². The molecule has 0 saturated carbocycles. The molecule has 2 aromatic heterocycles. The maximum absolute atomic E-state index is 12.4. The SMILES string of the molecule is CCCCc1ncc(/C=C(\Cc2cccs2)C(=O)O)n1Cc1ccc(C(=O)OC(C)(C)C)cc1Cl. The minimum atomic E-state index is -0.957. The Kier molecular flexibility index (Phi) is 8.92. The van der Waals surface area contributed by atoms with Crippen LogP contribution in [0.1, 0.15) is 72.9 Å². The summed E-state index contributed by atoms with van der Waals surface area (Å²) in [5.41, 5.74) is 1.59. The molecule has 3 rings (SSSR count). The molecule has 8 heteroatoms. The Bertz CT molecular complexity index is 1210. The second-order valence-corrected chi connectivity index (χ2v) is 10.8. The predicted molar refractivity (Wildman–Crippen MR) is 140 cm³/mol. The van der Waals surface area contributed by atoms with Gasteiger partial charge in [0.1, 0.15) is 11.4 Å². The van der Waals surface area contributed by atoms with Gasteiger partial charge in [0, 0.05) is 28.3 Å². The maximum atomic E-state index is 12.4. The second kappa shape index (κ2) is 11.7. The molecule has 0 fully saturated rings. The molecule has 0 bridgehead atoms. The third-order valence-electron chi connectivity index (χ3n) is 5.28. The van der Waals surface area contributed by atoms with Crippen LogP contribution in [0.2, 0.25) is 5.02 Å². The van der Waals surface area contributed by atoms with Gasteiger partial charge in [0.15, 0.2) is 0 Å². The molecule has 6 nitrogen and oxygen atoms in total. The standard InChI is InChI=1S/C27H31ClN2O4S/c1-5-6-9-24-29-16-21(13-20(25(31)32)14-22-8-7-12-35-22)30(24)17-19-11-10-18(15-23(19)28)26(33)34-27(2,3)4/h7-8,10-13,15-16H,5-6,9,14,17H2,1-4H3,(H,31,32)/b20-13+. The van der Waals surface area contributed by atoms with Crippen LogP contribution in [0.25, 0.3) is 6.08 Å². The molecule has 0 saturated heterocycles. The van der Waals surface area contributed by atoms with Crippen LogP contribution in [-0.2, 0) is 28.9 Å². The lowest BCUT2D eigenvalue weighted by Crippen LogP contribution is -2.23. The molecule has 0 aliphatic carbocycles. The molecule has 3 aromatic rings. The number of unbranched alkanes of at least 4 members (excludes halogenated alkanes) is 1. The van der Waals surface area contributed by atoms with Gasteiger partial charge in [-0.1, -0.05) is 37.1 Å². The van der Waals surface area contributed by atoms with E-state index in [1.165, 1.54) is 11.3 Å². The average Bonchev–Trinajstić information content (AvgIpc) is 3.42. The fourth-order valence-electron chi connectivity index (χ4n) is 3.54. The third-order valence-corrected chi connectivity index (χ3v) is 6.51. The van der Waals surface area contributed by atoms with Gasteiger partial charge in [-0.05, 0) is 62.4 Å². The highest BCUT2D eigenvalue weighted by molar-refractivity contribution is 7.09. The summed E-state index contributed by atoms with van der Waals surface area (Å²) in [6.45, 7) is 7.97. The number of rotatable bonds is 10. The van der Waals surface area contributed by atoms with Gasteiger partial charge in [-0.2, -0.15) is 0 Å². The third kappa shape index (κ3) is 7.54. The number of thiophene rings is 1. The van der Waals surface area contributed by atoms with Crippen molar-refractivity contribution in [3.05, 3.63) is 80.0 Å². The van der Waals surface area contributed by atoms with E-state index in [-0.39, 0.29) is 0 Å². The van der Waals surface area contributed by atoms with Gasteiger partial charge < -0.3 is 14.4 Å². The van der Waals surface area contributed by atoms with Crippen LogP contribution in [0.15, 0.2) is 47.5 Å². The number of benzene rings is 1. The first-order valence-electron chi connectivity index (χ1n) is 11.6. The minimum Gasteiger partial charge on any atom is -0.478 e. The smallest absolute Gasteiger partial charge is 0.338 e. The summed E-state index contributed by atoms with van der Waals surface area (Å²) in [5, 5.41) is 12.2. The van der Waals surface area contributed by atoms with Gasteiger partial charge in [-0.15, -0.1) is 11.3 Å². The number of aromatic nitrogens is 2. The highest BCUT2D eigenvalue weighted by Gasteiger charge is 2.20. The van der Waals surface area contributed by atoms with Crippen LogP contribution in [0.4, 0.5) is 0 Å². The number of carbonyl (C=O) groups excluding carboxylic acids is 1. The predicted octanol–water partition coefficient (Wildman–Crippen LogP) is 6.65. The number of aliphatic carboxylic acids is 1. The van der Waals surface area contributed by atoms with Gasteiger partial charge in [0.25, 0.3) is 0 Å². The Balaban J connectivity index is 1.94. The molecule has 1 N–H and O–H groups in total. The van der Waals surface area contributed by atoms with Crippen molar-refractivity contribution >= 4 is 41.0 Å². The van der Waals surface area contributed by atoms with E-state index in [0.717, 1.165) is 35.5 Å². The largest absolute Gasteiger partial charge is 0.478 e. The summed E-state index contributed by atoms with van der Waals surface area (Å²) in [5.74, 6) is -0.521. The molecule has 1 aromatic carbocycles. The summed E-state index contributed by atoms with van der Waals surface area (Å²) >= 11 is 8.10. The lowest BCUT2D eigenvalue weighted by atomic mass is 10.1. The van der Waals surface area contributed by atoms with Crippen LogP contribution < -0.4 is 0 Å². The van der Waals surface area contributed by atoms with E-state index in [2.05, 4.69) is 11.9 Å². The van der Waals surface area contributed by atoms with Crippen LogP contribution in [0.3, 0.4) is 0 Å². The lowest BCUT2D eigenvalue weighted by molar-refractivity contribution is -0.132. The molecule has 186 valence electrons. The Morgan fingerprint density at radius 2 is 2.03 bits per heavy atom. The number of hydrogen-bond acceptors (Lipinski definition) is 5. The van der Waals surface area contributed by atoms with Crippen LogP contribution in [-0.4, -0.2) is 32.2 Å². The van der Waals surface area contributed by atoms with E-state index in [0.29, 0.717) is 34.8 Å². The minimum absolute atomic E-state index is 0.294. The quantitative estimate of drug-likeness (QED) is 0.242. The molecule has 0 amide bonds. The Labute approximate surface area is 215 Å². The number of carbonyl (C=O) groups is 2. The van der Waals surface area contributed by atoms with Crippen LogP contribution in [0, 0.1) is 0 Å². The van der Waals surface area contributed by atoms with Gasteiger partial charge in [0.05, 0.1) is 24.0 Å². The molecule has 35 heavy (non-hydrogen) atoms. The Morgan fingerprint density at radius 3 is 2.63 bits per heavy atom. The summed E-state index contributed by atoms with van der Waals surface area (Å²) in [7, 11) is 0. The summed E-state index contributed by atoms with van der Waals surface area (Å²) in [6, 6.07) is 8.96.